The van der Waals surface area contributed by atoms with Gasteiger partial charge in [-0.25, -0.2) is 0 Å². The summed E-state index contributed by atoms with van der Waals surface area (Å²) in [6, 6.07) is 7.88. The number of carbonyl (C=O) groups excluding carboxylic acids is 1. The van der Waals surface area contributed by atoms with Gasteiger partial charge in [0.15, 0.2) is 0 Å². The number of amides is 1. The van der Waals surface area contributed by atoms with Gasteiger partial charge in [-0.15, -0.1) is 0 Å². The molecule has 1 aliphatic rings. The molecular formula is C15H18ClNO. The summed E-state index contributed by atoms with van der Waals surface area (Å²) < 4.78 is 0. The standard InChI is InChI=1S/C15H18ClNO/c1-17(14-4-2-3-5-14)15(18)11-8-12-6-9-13(16)10-7-12/h6-11,14H,2-5H2,1H3/b11-8+. The monoisotopic (exact) mass is 263 g/mol. The zero-order valence-corrected chi connectivity index (χ0v) is 11.4. The van der Waals surface area contributed by atoms with Crippen molar-refractivity contribution in [3.63, 3.8) is 0 Å². The van der Waals surface area contributed by atoms with Gasteiger partial charge in [0.05, 0.1) is 0 Å². The molecule has 0 spiro atoms. The van der Waals surface area contributed by atoms with E-state index in [4.69, 9.17) is 11.6 Å². The van der Waals surface area contributed by atoms with E-state index in [0.29, 0.717) is 11.1 Å². The molecule has 1 fully saturated rings. The summed E-state index contributed by atoms with van der Waals surface area (Å²) in [7, 11) is 1.89. The van der Waals surface area contributed by atoms with Crippen molar-refractivity contribution in [2.24, 2.45) is 0 Å². The van der Waals surface area contributed by atoms with Crippen LogP contribution in [0.15, 0.2) is 30.3 Å². The molecule has 0 atom stereocenters. The summed E-state index contributed by atoms with van der Waals surface area (Å²) in [6.07, 6.45) is 8.23. The molecule has 0 N–H and O–H groups in total. The van der Waals surface area contributed by atoms with Crippen molar-refractivity contribution >= 4 is 23.6 Å². The average molecular weight is 264 g/mol. The van der Waals surface area contributed by atoms with Crippen LogP contribution in [0, 0.1) is 0 Å². The summed E-state index contributed by atoms with van der Waals surface area (Å²) in [5.74, 6) is 0.0804. The van der Waals surface area contributed by atoms with Gasteiger partial charge in [0.1, 0.15) is 0 Å². The third-order valence-corrected chi connectivity index (χ3v) is 3.76. The van der Waals surface area contributed by atoms with E-state index in [0.717, 1.165) is 18.4 Å². The number of benzene rings is 1. The summed E-state index contributed by atoms with van der Waals surface area (Å²) in [6.45, 7) is 0. The molecule has 0 aliphatic heterocycles. The fraction of sp³-hybridized carbons (Fsp3) is 0.400. The maximum Gasteiger partial charge on any atom is 0.246 e. The molecule has 1 saturated carbocycles. The van der Waals surface area contributed by atoms with Crippen LogP contribution < -0.4 is 0 Å². The SMILES string of the molecule is CN(C(=O)/C=C/c1ccc(Cl)cc1)C1CCCC1. The predicted molar refractivity (Wildman–Crippen MR) is 75.5 cm³/mol. The Morgan fingerprint density at radius 3 is 2.50 bits per heavy atom. The maximum absolute atomic E-state index is 12.0. The van der Waals surface area contributed by atoms with Gasteiger partial charge in [-0.05, 0) is 36.6 Å². The highest BCUT2D eigenvalue weighted by molar-refractivity contribution is 6.30. The van der Waals surface area contributed by atoms with Crippen LogP contribution in [-0.2, 0) is 4.79 Å². The van der Waals surface area contributed by atoms with Crippen LogP contribution in [0.4, 0.5) is 0 Å². The van der Waals surface area contributed by atoms with Crippen molar-refractivity contribution < 1.29 is 4.79 Å². The average Bonchev–Trinajstić information content (AvgIpc) is 2.90. The number of carbonyl (C=O) groups is 1. The molecule has 1 amide bonds. The predicted octanol–water partition coefficient (Wildman–Crippen LogP) is 3.75. The lowest BCUT2D eigenvalue weighted by atomic mass is 10.2. The van der Waals surface area contributed by atoms with Crippen molar-refractivity contribution in [3.05, 3.63) is 40.9 Å². The van der Waals surface area contributed by atoms with Crippen molar-refractivity contribution in [2.45, 2.75) is 31.7 Å². The molecule has 2 rings (SSSR count). The van der Waals surface area contributed by atoms with Crippen molar-refractivity contribution in [1.29, 1.82) is 0 Å². The van der Waals surface area contributed by atoms with Gasteiger partial charge in [0.25, 0.3) is 0 Å². The van der Waals surface area contributed by atoms with E-state index in [1.807, 2.05) is 42.3 Å². The van der Waals surface area contributed by atoms with E-state index in [1.165, 1.54) is 12.8 Å². The minimum Gasteiger partial charge on any atom is -0.339 e. The molecule has 2 nitrogen and oxygen atoms in total. The summed E-state index contributed by atoms with van der Waals surface area (Å²) in [4.78, 5) is 13.8. The molecule has 1 aromatic rings. The van der Waals surface area contributed by atoms with Crippen molar-refractivity contribution in [3.8, 4) is 0 Å². The highest BCUT2D eigenvalue weighted by Gasteiger charge is 2.21. The number of nitrogens with zero attached hydrogens (tertiary/aromatic N) is 1. The van der Waals surface area contributed by atoms with Gasteiger partial charge < -0.3 is 4.90 Å². The molecule has 0 saturated heterocycles. The first-order chi connectivity index (χ1) is 8.66. The first-order valence-corrected chi connectivity index (χ1v) is 6.75. The largest absolute Gasteiger partial charge is 0.339 e. The second-order valence-corrected chi connectivity index (χ2v) is 5.21. The zero-order chi connectivity index (χ0) is 13.0. The van der Waals surface area contributed by atoms with E-state index in [2.05, 4.69) is 0 Å². The minimum absolute atomic E-state index is 0.0804. The van der Waals surface area contributed by atoms with Gasteiger partial charge in [-0.1, -0.05) is 36.6 Å². The van der Waals surface area contributed by atoms with Crippen molar-refractivity contribution in [2.75, 3.05) is 7.05 Å². The van der Waals surface area contributed by atoms with Crippen LogP contribution in [0.5, 0.6) is 0 Å². The number of hydrogen-bond acceptors (Lipinski definition) is 1. The molecule has 1 aromatic carbocycles. The number of halogens is 1. The second-order valence-electron chi connectivity index (χ2n) is 4.77. The molecule has 0 aromatic heterocycles. The van der Waals surface area contributed by atoms with E-state index < -0.39 is 0 Å². The van der Waals surface area contributed by atoms with E-state index in [9.17, 15) is 4.79 Å². The van der Waals surface area contributed by atoms with E-state index in [1.54, 1.807) is 6.08 Å². The fourth-order valence-electron chi connectivity index (χ4n) is 2.33. The zero-order valence-electron chi connectivity index (χ0n) is 10.6. The normalized spacial score (nSPS) is 16.3. The molecule has 0 unspecified atom stereocenters. The maximum atomic E-state index is 12.0. The molecular weight excluding hydrogens is 246 g/mol. The molecule has 1 aliphatic carbocycles. The van der Waals surface area contributed by atoms with E-state index in [-0.39, 0.29) is 5.91 Å². The third-order valence-electron chi connectivity index (χ3n) is 3.51. The van der Waals surface area contributed by atoms with Crippen LogP contribution >= 0.6 is 11.6 Å². The highest BCUT2D eigenvalue weighted by Crippen LogP contribution is 2.22. The van der Waals surface area contributed by atoms with Gasteiger partial charge in [-0.3, -0.25) is 4.79 Å². The topological polar surface area (TPSA) is 20.3 Å². The van der Waals surface area contributed by atoms with Crippen LogP contribution in [0.1, 0.15) is 31.2 Å². The first-order valence-electron chi connectivity index (χ1n) is 6.37. The molecule has 18 heavy (non-hydrogen) atoms. The lowest BCUT2D eigenvalue weighted by Gasteiger charge is -2.22. The Labute approximate surface area is 113 Å². The van der Waals surface area contributed by atoms with Crippen molar-refractivity contribution in [1.82, 2.24) is 4.90 Å². The van der Waals surface area contributed by atoms with Gasteiger partial charge in [0.2, 0.25) is 5.91 Å². The van der Waals surface area contributed by atoms with E-state index >= 15 is 0 Å². The van der Waals surface area contributed by atoms with Crippen LogP contribution in [-0.4, -0.2) is 23.9 Å². The third kappa shape index (κ3) is 3.36. The number of hydrogen-bond donors (Lipinski definition) is 0. The van der Waals surface area contributed by atoms with Gasteiger partial charge in [0, 0.05) is 24.2 Å². The minimum atomic E-state index is 0.0804. The Morgan fingerprint density at radius 1 is 1.28 bits per heavy atom. The quantitative estimate of drug-likeness (QED) is 0.761. The Hall–Kier alpha value is -1.28. The molecule has 0 radical (unpaired) electrons. The Bertz CT molecular complexity index is 432. The Balaban J connectivity index is 1.95. The first kappa shape index (κ1) is 13.2. The highest BCUT2D eigenvalue weighted by atomic mass is 35.5. The van der Waals surface area contributed by atoms with Gasteiger partial charge >= 0.3 is 0 Å². The van der Waals surface area contributed by atoms with Gasteiger partial charge in [-0.2, -0.15) is 0 Å². The lowest BCUT2D eigenvalue weighted by molar-refractivity contribution is -0.126. The Morgan fingerprint density at radius 2 is 1.89 bits per heavy atom. The number of rotatable bonds is 3. The molecule has 96 valence electrons. The van der Waals surface area contributed by atoms with Crippen LogP contribution in [0.2, 0.25) is 5.02 Å². The Kier molecular flexibility index (Phi) is 4.43. The van der Waals surface area contributed by atoms with Crippen LogP contribution in [0.25, 0.3) is 6.08 Å². The molecule has 3 heteroatoms. The second kappa shape index (κ2) is 6.05. The smallest absolute Gasteiger partial charge is 0.246 e. The number of likely N-dealkylation sites (N-methyl/N-ethyl adjacent to an activating group) is 1. The molecule has 0 heterocycles. The summed E-state index contributed by atoms with van der Waals surface area (Å²) in [5, 5.41) is 0.710. The fourth-order valence-corrected chi connectivity index (χ4v) is 2.46. The van der Waals surface area contributed by atoms with Crippen LogP contribution in [0.3, 0.4) is 0 Å². The summed E-state index contributed by atoms with van der Waals surface area (Å²) in [5.41, 5.74) is 0.993. The molecule has 0 bridgehead atoms. The summed E-state index contributed by atoms with van der Waals surface area (Å²) >= 11 is 5.81. The lowest BCUT2D eigenvalue weighted by Crippen LogP contribution is -2.33.